The molecule has 1 aliphatic carbocycles. The molecule has 1 fully saturated rings. The van der Waals surface area contributed by atoms with Gasteiger partial charge in [0.15, 0.2) is 0 Å². The van der Waals surface area contributed by atoms with Gasteiger partial charge in [-0.2, -0.15) is 0 Å². The van der Waals surface area contributed by atoms with Gasteiger partial charge in [-0.15, -0.1) is 11.3 Å². The first-order chi connectivity index (χ1) is 7.85. The zero-order valence-electron chi connectivity index (χ0n) is 10.9. The van der Waals surface area contributed by atoms with Crippen molar-refractivity contribution in [3.05, 3.63) is 16.1 Å². The van der Waals surface area contributed by atoms with Crippen LogP contribution in [0.25, 0.3) is 0 Å². The van der Waals surface area contributed by atoms with E-state index in [2.05, 4.69) is 31.1 Å². The van der Waals surface area contributed by atoms with Crippen LogP contribution < -0.4 is 5.73 Å². The second kappa shape index (κ2) is 4.34. The van der Waals surface area contributed by atoms with Crippen LogP contribution in [0.4, 0.5) is 0 Å². The Morgan fingerprint density at radius 3 is 2.53 bits per heavy atom. The van der Waals surface area contributed by atoms with Crippen LogP contribution in [0.15, 0.2) is 5.38 Å². The lowest BCUT2D eigenvalue weighted by Gasteiger charge is -2.25. The third-order valence-corrected chi connectivity index (χ3v) is 4.32. The highest BCUT2D eigenvalue weighted by molar-refractivity contribution is 7.09. The van der Waals surface area contributed by atoms with Gasteiger partial charge < -0.3 is 10.8 Å². The Bertz CT molecular complexity index is 392. The van der Waals surface area contributed by atoms with Crippen molar-refractivity contribution in [3.8, 4) is 0 Å². The topological polar surface area (TPSA) is 59.1 Å². The summed E-state index contributed by atoms with van der Waals surface area (Å²) in [6.07, 6.45) is 2.81. The minimum Gasteiger partial charge on any atom is -0.388 e. The summed E-state index contributed by atoms with van der Waals surface area (Å²) < 4.78 is 0. The molecule has 0 aromatic carbocycles. The minimum absolute atomic E-state index is 0.0785. The van der Waals surface area contributed by atoms with Crippen LogP contribution in [0.1, 0.15) is 44.3 Å². The average Bonchev–Trinajstić information content (AvgIpc) is 2.99. The van der Waals surface area contributed by atoms with E-state index in [1.54, 1.807) is 11.3 Å². The lowest BCUT2D eigenvalue weighted by atomic mass is 9.92. The van der Waals surface area contributed by atoms with Gasteiger partial charge in [-0.25, -0.2) is 4.98 Å². The van der Waals surface area contributed by atoms with E-state index in [1.807, 2.05) is 0 Å². The molecule has 0 spiro atoms. The molecule has 1 heterocycles. The summed E-state index contributed by atoms with van der Waals surface area (Å²) >= 11 is 1.64. The van der Waals surface area contributed by atoms with Gasteiger partial charge in [0.2, 0.25) is 0 Å². The van der Waals surface area contributed by atoms with Crippen molar-refractivity contribution >= 4 is 11.3 Å². The number of aromatic nitrogens is 1. The molecule has 2 rings (SSSR count). The molecule has 96 valence electrons. The smallest absolute Gasteiger partial charge is 0.0957 e. The quantitative estimate of drug-likeness (QED) is 0.865. The van der Waals surface area contributed by atoms with Crippen LogP contribution in [-0.2, 0) is 11.8 Å². The maximum atomic E-state index is 10.5. The molecule has 1 aromatic heterocycles. The fourth-order valence-corrected chi connectivity index (χ4v) is 3.14. The summed E-state index contributed by atoms with van der Waals surface area (Å²) in [7, 11) is 0. The highest BCUT2D eigenvalue weighted by atomic mass is 32.1. The second-order valence-corrected chi connectivity index (χ2v) is 7.08. The lowest BCUT2D eigenvalue weighted by molar-refractivity contribution is 0.0266. The van der Waals surface area contributed by atoms with E-state index in [0.29, 0.717) is 18.9 Å². The molecule has 0 radical (unpaired) electrons. The molecule has 4 heteroatoms. The summed E-state index contributed by atoms with van der Waals surface area (Å²) in [4.78, 5) is 4.63. The van der Waals surface area contributed by atoms with Gasteiger partial charge in [-0.1, -0.05) is 20.8 Å². The molecule has 3 nitrogen and oxygen atoms in total. The molecule has 17 heavy (non-hydrogen) atoms. The van der Waals surface area contributed by atoms with Gasteiger partial charge in [0.25, 0.3) is 0 Å². The Labute approximate surface area is 107 Å². The van der Waals surface area contributed by atoms with E-state index in [4.69, 9.17) is 5.73 Å². The first-order valence-electron chi connectivity index (χ1n) is 6.22. The van der Waals surface area contributed by atoms with Crippen LogP contribution in [0.2, 0.25) is 0 Å². The highest BCUT2D eigenvalue weighted by Gasteiger charge is 2.43. The highest BCUT2D eigenvalue weighted by Crippen LogP contribution is 2.41. The zero-order valence-corrected chi connectivity index (χ0v) is 11.7. The minimum atomic E-state index is -0.729. The molecule has 1 aromatic rings. The molecule has 1 atom stereocenters. The zero-order chi connectivity index (χ0) is 12.7. The van der Waals surface area contributed by atoms with Gasteiger partial charge in [0, 0.05) is 23.8 Å². The largest absolute Gasteiger partial charge is 0.388 e. The van der Waals surface area contributed by atoms with E-state index in [0.717, 1.165) is 23.5 Å². The van der Waals surface area contributed by atoms with Crippen molar-refractivity contribution in [2.45, 2.75) is 51.0 Å². The van der Waals surface area contributed by atoms with Crippen molar-refractivity contribution in [2.24, 2.45) is 11.7 Å². The van der Waals surface area contributed by atoms with E-state index in [1.165, 1.54) is 0 Å². The lowest BCUT2D eigenvalue weighted by Crippen LogP contribution is -2.42. The maximum Gasteiger partial charge on any atom is 0.0957 e. The van der Waals surface area contributed by atoms with Crippen LogP contribution in [0.3, 0.4) is 0 Å². The molecule has 0 aliphatic heterocycles. The van der Waals surface area contributed by atoms with Crippen molar-refractivity contribution in [1.82, 2.24) is 4.98 Å². The molecule has 1 aliphatic rings. The Morgan fingerprint density at radius 1 is 1.47 bits per heavy atom. The SMILES string of the molecule is CC(C)(C)c1csc(CC(O)(CN)C2CC2)n1. The van der Waals surface area contributed by atoms with Crippen molar-refractivity contribution in [3.63, 3.8) is 0 Å². The predicted octanol–water partition coefficient (Wildman–Crippen LogP) is 2.08. The van der Waals surface area contributed by atoms with Gasteiger partial charge in [0.1, 0.15) is 0 Å². The van der Waals surface area contributed by atoms with Gasteiger partial charge in [-0.05, 0) is 18.8 Å². The van der Waals surface area contributed by atoms with Gasteiger partial charge in [-0.3, -0.25) is 0 Å². The maximum absolute atomic E-state index is 10.5. The fourth-order valence-electron chi connectivity index (χ4n) is 2.00. The molecule has 0 saturated heterocycles. The standard InChI is InChI=1S/C13H22N2OS/c1-12(2,3)10-7-17-11(15-10)6-13(16,8-14)9-4-5-9/h7,9,16H,4-6,8,14H2,1-3H3. The van der Waals surface area contributed by atoms with Crippen LogP contribution >= 0.6 is 11.3 Å². The van der Waals surface area contributed by atoms with Crippen LogP contribution in [0, 0.1) is 5.92 Å². The molecular weight excluding hydrogens is 232 g/mol. The van der Waals surface area contributed by atoms with E-state index < -0.39 is 5.60 Å². The normalized spacial score (nSPS) is 20.3. The first kappa shape index (κ1) is 13.0. The Balaban J connectivity index is 2.10. The first-order valence-corrected chi connectivity index (χ1v) is 7.10. The van der Waals surface area contributed by atoms with Crippen molar-refractivity contribution in [1.29, 1.82) is 0 Å². The molecular formula is C13H22N2OS. The van der Waals surface area contributed by atoms with Crippen molar-refractivity contribution in [2.75, 3.05) is 6.54 Å². The monoisotopic (exact) mass is 254 g/mol. The number of nitrogens with zero attached hydrogens (tertiary/aromatic N) is 1. The Morgan fingerprint density at radius 2 is 2.12 bits per heavy atom. The summed E-state index contributed by atoms with van der Waals surface area (Å²) in [6, 6.07) is 0. The van der Waals surface area contributed by atoms with E-state index >= 15 is 0 Å². The summed E-state index contributed by atoms with van der Waals surface area (Å²) in [6.45, 7) is 6.80. The third kappa shape index (κ3) is 2.87. The molecule has 1 unspecified atom stereocenters. The number of hydrogen-bond acceptors (Lipinski definition) is 4. The molecule has 0 amide bonds. The third-order valence-electron chi connectivity index (χ3n) is 3.47. The molecule has 0 bridgehead atoms. The van der Waals surface area contributed by atoms with Gasteiger partial charge >= 0.3 is 0 Å². The van der Waals surface area contributed by atoms with Gasteiger partial charge in [0.05, 0.1) is 16.3 Å². The molecule has 3 N–H and O–H groups in total. The number of hydrogen-bond donors (Lipinski definition) is 2. The van der Waals surface area contributed by atoms with E-state index in [9.17, 15) is 5.11 Å². The predicted molar refractivity (Wildman–Crippen MR) is 71.2 cm³/mol. The summed E-state index contributed by atoms with van der Waals surface area (Å²) in [5.74, 6) is 0.384. The van der Waals surface area contributed by atoms with Crippen LogP contribution in [-0.4, -0.2) is 22.2 Å². The van der Waals surface area contributed by atoms with Crippen LogP contribution in [0.5, 0.6) is 0 Å². The number of aliphatic hydroxyl groups is 1. The van der Waals surface area contributed by atoms with Crippen molar-refractivity contribution < 1.29 is 5.11 Å². The van der Waals surface area contributed by atoms with E-state index in [-0.39, 0.29) is 5.41 Å². The average molecular weight is 254 g/mol. The summed E-state index contributed by atoms with van der Waals surface area (Å²) in [5, 5.41) is 13.6. The molecule has 1 saturated carbocycles. The fraction of sp³-hybridized carbons (Fsp3) is 0.769. The number of rotatable bonds is 4. The number of nitrogens with two attached hydrogens (primary N) is 1. The second-order valence-electron chi connectivity index (χ2n) is 6.14. The summed E-state index contributed by atoms with van der Waals surface area (Å²) in [5.41, 5.74) is 6.17. The Kier molecular flexibility index (Phi) is 3.31. The Hall–Kier alpha value is -0.450. The number of thiazole rings is 1.